The summed E-state index contributed by atoms with van der Waals surface area (Å²) in [6.07, 6.45) is 2.16. The van der Waals surface area contributed by atoms with E-state index < -0.39 is 0 Å². The predicted molar refractivity (Wildman–Crippen MR) is 82.9 cm³/mol. The lowest BCUT2D eigenvalue weighted by Crippen LogP contribution is -2.23. The summed E-state index contributed by atoms with van der Waals surface area (Å²) in [6.45, 7) is 5.26. The molecule has 1 aromatic heterocycles. The van der Waals surface area contributed by atoms with Gasteiger partial charge < -0.3 is 5.32 Å². The second kappa shape index (κ2) is 6.83. The fourth-order valence-corrected chi connectivity index (χ4v) is 3.10. The van der Waals surface area contributed by atoms with Crippen molar-refractivity contribution >= 4 is 11.3 Å². The Morgan fingerprint density at radius 1 is 1.26 bits per heavy atom. The number of aryl methyl sites for hydroxylation is 2. The van der Waals surface area contributed by atoms with Crippen molar-refractivity contribution in [1.29, 1.82) is 0 Å². The first-order chi connectivity index (χ1) is 9.17. The quantitative estimate of drug-likeness (QED) is 0.873. The van der Waals surface area contributed by atoms with E-state index in [1.54, 1.807) is 11.3 Å². The SMILES string of the molecule is CNCC(Cc1cccc(C)c1)Cc1csc(C)n1. The molecule has 1 heterocycles. The average molecular weight is 274 g/mol. The molecule has 1 N–H and O–H groups in total. The number of thiazole rings is 1. The summed E-state index contributed by atoms with van der Waals surface area (Å²) in [6, 6.07) is 8.81. The van der Waals surface area contributed by atoms with E-state index in [0.717, 1.165) is 24.4 Å². The molecular formula is C16H22N2S. The van der Waals surface area contributed by atoms with Gasteiger partial charge in [0.1, 0.15) is 0 Å². The summed E-state index contributed by atoms with van der Waals surface area (Å²) in [4.78, 5) is 4.58. The van der Waals surface area contributed by atoms with Crippen molar-refractivity contribution in [3.8, 4) is 0 Å². The Morgan fingerprint density at radius 3 is 2.74 bits per heavy atom. The van der Waals surface area contributed by atoms with Crippen molar-refractivity contribution in [2.24, 2.45) is 5.92 Å². The van der Waals surface area contributed by atoms with Crippen LogP contribution >= 0.6 is 11.3 Å². The lowest BCUT2D eigenvalue weighted by atomic mass is 9.94. The summed E-state index contributed by atoms with van der Waals surface area (Å²) in [5, 5.41) is 6.65. The van der Waals surface area contributed by atoms with E-state index in [0.29, 0.717) is 5.92 Å². The third-order valence-electron chi connectivity index (χ3n) is 3.26. The Hall–Kier alpha value is -1.19. The van der Waals surface area contributed by atoms with Crippen LogP contribution in [0.4, 0.5) is 0 Å². The second-order valence-electron chi connectivity index (χ2n) is 5.18. The molecule has 0 bridgehead atoms. The Bertz CT molecular complexity index is 519. The van der Waals surface area contributed by atoms with Gasteiger partial charge in [0, 0.05) is 5.38 Å². The fourth-order valence-electron chi connectivity index (χ4n) is 2.48. The highest BCUT2D eigenvalue weighted by Crippen LogP contribution is 2.17. The van der Waals surface area contributed by atoms with Crippen LogP contribution in [0.5, 0.6) is 0 Å². The molecular weight excluding hydrogens is 252 g/mol. The first kappa shape index (κ1) is 14.2. The molecule has 0 saturated heterocycles. The van der Waals surface area contributed by atoms with Crippen LogP contribution in [-0.4, -0.2) is 18.6 Å². The average Bonchev–Trinajstić information content (AvgIpc) is 2.75. The molecule has 0 spiro atoms. The molecule has 0 aliphatic carbocycles. The summed E-state index contributed by atoms with van der Waals surface area (Å²) in [7, 11) is 2.02. The molecule has 0 aliphatic rings. The molecule has 102 valence electrons. The Labute approximate surface area is 119 Å². The molecule has 2 aromatic rings. The van der Waals surface area contributed by atoms with Crippen molar-refractivity contribution < 1.29 is 0 Å². The molecule has 1 atom stereocenters. The van der Waals surface area contributed by atoms with Crippen molar-refractivity contribution in [1.82, 2.24) is 10.3 Å². The summed E-state index contributed by atoms with van der Waals surface area (Å²) in [5.74, 6) is 0.605. The molecule has 0 radical (unpaired) electrons. The minimum atomic E-state index is 0.605. The van der Waals surface area contributed by atoms with Crippen LogP contribution in [-0.2, 0) is 12.8 Å². The zero-order valence-electron chi connectivity index (χ0n) is 11.9. The molecule has 2 nitrogen and oxygen atoms in total. The van der Waals surface area contributed by atoms with E-state index in [9.17, 15) is 0 Å². The van der Waals surface area contributed by atoms with Crippen molar-refractivity contribution in [2.45, 2.75) is 26.7 Å². The fraction of sp³-hybridized carbons (Fsp3) is 0.438. The van der Waals surface area contributed by atoms with Gasteiger partial charge >= 0.3 is 0 Å². The minimum Gasteiger partial charge on any atom is -0.319 e. The number of aromatic nitrogens is 1. The molecule has 3 heteroatoms. The Kier molecular flexibility index (Phi) is 5.11. The number of hydrogen-bond donors (Lipinski definition) is 1. The minimum absolute atomic E-state index is 0.605. The number of rotatable bonds is 6. The normalized spacial score (nSPS) is 12.6. The van der Waals surface area contributed by atoms with E-state index in [1.807, 2.05) is 7.05 Å². The zero-order chi connectivity index (χ0) is 13.7. The van der Waals surface area contributed by atoms with Crippen LogP contribution in [0.25, 0.3) is 0 Å². The van der Waals surface area contributed by atoms with E-state index in [2.05, 4.69) is 53.8 Å². The topological polar surface area (TPSA) is 24.9 Å². The van der Waals surface area contributed by atoms with Crippen molar-refractivity contribution in [3.63, 3.8) is 0 Å². The summed E-state index contributed by atoms with van der Waals surface area (Å²) >= 11 is 1.74. The number of benzene rings is 1. The Morgan fingerprint density at radius 2 is 2.11 bits per heavy atom. The monoisotopic (exact) mass is 274 g/mol. The van der Waals surface area contributed by atoms with Crippen LogP contribution in [0.3, 0.4) is 0 Å². The first-order valence-corrected chi connectivity index (χ1v) is 7.66. The van der Waals surface area contributed by atoms with Crippen LogP contribution < -0.4 is 5.32 Å². The van der Waals surface area contributed by atoms with Crippen molar-refractivity contribution in [3.05, 3.63) is 51.5 Å². The molecule has 2 rings (SSSR count). The lowest BCUT2D eigenvalue weighted by molar-refractivity contribution is 0.489. The number of nitrogens with one attached hydrogen (secondary N) is 1. The molecule has 0 fully saturated rings. The van der Waals surface area contributed by atoms with Gasteiger partial charge in [-0.3, -0.25) is 0 Å². The van der Waals surface area contributed by atoms with Gasteiger partial charge in [0.25, 0.3) is 0 Å². The maximum atomic E-state index is 4.58. The van der Waals surface area contributed by atoms with E-state index >= 15 is 0 Å². The molecule has 0 aliphatic heterocycles. The maximum absolute atomic E-state index is 4.58. The van der Waals surface area contributed by atoms with Gasteiger partial charge in [0.05, 0.1) is 10.7 Å². The van der Waals surface area contributed by atoms with E-state index in [1.165, 1.54) is 16.8 Å². The summed E-state index contributed by atoms with van der Waals surface area (Å²) < 4.78 is 0. The lowest BCUT2D eigenvalue weighted by Gasteiger charge is -2.16. The standard InChI is InChI=1S/C16H22N2S/c1-12-5-4-6-14(7-12)8-15(10-17-3)9-16-11-19-13(2)18-16/h4-7,11,15,17H,8-10H2,1-3H3. The third kappa shape index (κ3) is 4.44. The number of hydrogen-bond acceptors (Lipinski definition) is 3. The van der Waals surface area contributed by atoms with Crippen LogP contribution in [0, 0.1) is 19.8 Å². The second-order valence-corrected chi connectivity index (χ2v) is 6.24. The molecule has 0 amide bonds. The molecule has 1 unspecified atom stereocenters. The van der Waals surface area contributed by atoms with Crippen LogP contribution in [0.2, 0.25) is 0 Å². The van der Waals surface area contributed by atoms with Gasteiger partial charge in [-0.1, -0.05) is 29.8 Å². The van der Waals surface area contributed by atoms with Gasteiger partial charge in [-0.05, 0) is 51.8 Å². The first-order valence-electron chi connectivity index (χ1n) is 6.78. The number of nitrogens with zero attached hydrogens (tertiary/aromatic N) is 1. The highest BCUT2D eigenvalue weighted by molar-refractivity contribution is 7.09. The third-order valence-corrected chi connectivity index (χ3v) is 4.09. The van der Waals surface area contributed by atoms with Gasteiger partial charge in [-0.25, -0.2) is 4.98 Å². The molecule has 1 aromatic carbocycles. The van der Waals surface area contributed by atoms with Gasteiger partial charge in [0.2, 0.25) is 0 Å². The predicted octanol–water partition coefficient (Wildman–Crippen LogP) is 3.38. The maximum Gasteiger partial charge on any atom is 0.0897 e. The largest absolute Gasteiger partial charge is 0.319 e. The zero-order valence-corrected chi connectivity index (χ0v) is 12.8. The van der Waals surface area contributed by atoms with Gasteiger partial charge in [-0.2, -0.15) is 0 Å². The highest BCUT2D eigenvalue weighted by atomic mass is 32.1. The Balaban J connectivity index is 2.03. The molecule has 0 saturated carbocycles. The smallest absolute Gasteiger partial charge is 0.0897 e. The van der Waals surface area contributed by atoms with Gasteiger partial charge in [0.15, 0.2) is 0 Å². The summed E-state index contributed by atoms with van der Waals surface area (Å²) in [5.41, 5.74) is 3.99. The molecule has 19 heavy (non-hydrogen) atoms. The van der Waals surface area contributed by atoms with E-state index in [4.69, 9.17) is 0 Å². The highest BCUT2D eigenvalue weighted by Gasteiger charge is 2.12. The van der Waals surface area contributed by atoms with Crippen LogP contribution in [0.1, 0.15) is 21.8 Å². The van der Waals surface area contributed by atoms with Gasteiger partial charge in [-0.15, -0.1) is 11.3 Å². The van der Waals surface area contributed by atoms with Crippen molar-refractivity contribution in [2.75, 3.05) is 13.6 Å². The van der Waals surface area contributed by atoms with E-state index in [-0.39, 0.29) is 0 Å². The van der Waals surface area contributed by atoms with Crippen LogP contribution in [0.15, 0.2) is 29.6 Å².